The normalized spacial score (nSPS) is 20.9. The molecule has 27 heavy (non-hydrogen) atoms. The molecule has 0 amide bonds. The summed E-state index contributed by atoms with van der Waals surface area (Å²) in [4.78, 5) is 2.50. The smallest absolute Gasteiger partial charge is 0.213 e. The molecular formula is C21H37N3O2S. The van der Waals surface area contributed by atoms with E-state index in [9.17, 15) is 8.42 Å². The first kappa shape index (κ1) is 22.0. The number of unbranched alkanes of at least 4 members (excludes halogenated alkanes) is 2. The van der Waals surface area contributed by atoms with Gasteiger partial charge in [-0.1, -0.05) is 20.3 Å². The molecule has 1 aliphatic heterocycles. The lowest BCUT2D eigenvalue weighted by Crippen LogP contribution is -2.38. The van der Waals surface area contributed by atoms with Crippen LogP contribution in [0.4, 0.5) is 11.4 Å². The molecule has 0 spiro atoms. The first-order chi connectivity index (χ1) is 12.8. The van der Waals surface area contributed by atoms with E-state index in [1.165, 1.54) is 12.1 Å². The van der Waals surface area contributed by atoms with Crippen LogP contribution < -0.4 is 14.9 Å². The Morgan fingerprint density at radius 1 is 1.00 bits per heavy atom. The fraction of sp³-hybridized carbons (Fsp3) is 0.714. The lowest BCUT2D eigenvalue weighted by Gasteiger charge is -2.36. The van der Waals surface area contributed by atoms with E-state index in [0.717, 1.165) is 56.4 Å². The largest absolute Gasteiger partial charge is 0.385 e. The Bertz CT molecular complexity index is 649. The van der Waals surface area contributed by atoms with Gasteiger partial charge in [0.1, 0.15) is 0 Å². The Labute approximate surface area is 166 Å². The van der Waals surface area contributed by atoms with Crippen LogP contribution in [0.2, 0.25) is 0 Å². The summed E-state index contributed by atoms with van der Waals surface area (Å²) in [6.07, 6.45) is 4.24. The zero-order chi connectivity index (χ0) is 19.9. The summed E-state index contributed by atoms with van der Waals surface area (Å²) in [7, 11) is -3.12. The lowest BCUT2D eigenvalue weighted by atomic mass is 9.91. The molecule has 2 rings (SSSR count). The van der Waals surface area contributed by atoms with Crippen molar-refractivity contribution in [2.75, 3.05) is 36.4 Å². The van der Waals surface area contributed by atoms with Crippen LogP contribution in [0.5, 0.6) is 0 Å². The van der Waals surface area contributed by atoms with E-state index in [1.54, 1.807) is 13.8 Å². The van der Waals surface area contributed by atoms with Crippen LogP contribution >= 0.6 is 0 Å². The molecule has 1 aromatic carbocycles. The van der Waals surface area contributed by atoms with Crippen LogP contribution in [0.15, 0.2) is 24.3 Å². The van der Waals surface area contributed by atoms with Gasteiger partial charge in [0.05, 0.1) is 5.25 Å². The maximum atomic E-state index is 11.7. The topological polar surface area (TPSA) is 61.4 Å². The second kappa shape index (κ2) is 10.3. The number of nitrogens with one attached hydrogen (secondary N) is 2. The number of nitrogens with zero attached hydrogens (tertiary/aromatic N) is 1. The van der Waals surface area contributed by atoms with Gasteiger partial charge in [0.15, 0.2) is 0 Å². The van der Waals surface area contributed by atoms with Gasteiger partial charge < -0.3 is 10.2 Å². The Kier molecular flexibility index (Phi) is 8.42. The number of piperidine rings is 1. The Balaban J connectivity index is 1.64. The van der Waals surface area contributed by atoms with Crippen molar-refractivity contribution in [2.24, 2.45) is 11.8 Å². The molecule has 0 aliphatic carbocycles. The standard InChI is InChI=1S/C21H37N3O2S/c1-17(2)27(25,26)23-13-7-5-6-12-22-20-8-10-21(11-9-20)24-15-18(3)14-19(4)16-24/h8-11,17-19,22-23H,5-7,12-16H2,1-4H3/t18-,19?/m1/s1. The van der Waals surface area contributed by atoms with Crippen molar-refractivity contribution in [3.8, 4) is 0 Å². The predicted octanol–water partition coefficient (Wildman–Crippen LogP) is 4.08. The number of sulfonamides is 1. The number of rotatable bonds is 10. The fourth-order valence-electron chi connectivity index (χ4n) is 3.70. The van der Waals surface area contributed by atoms with Crippen LogP contribution in [0, 0.1) is 11.8 Å². The third kappa shape index (κ3) is 7.34. The van der Waals surface area contributed by atoms with Crippen molar-refractivity contribution in [1.29, 1.82) is 0 Å². The predicted molar refractivity (Wildman–Crippen MR) is 116 cm³/mol. The molecule has 1 aromatic rings. The third-order valence-electron chi connectivity index (χ3n) is 5.21. The first-order valence-corrected chi connectivity index (χ1v) is 11.9. The van der Waals surface area contributed by atoms with E-state index >= 15 is 0 Å². The summed E-state index contributed by atoms with van der Waals surface area (Å²) in [5.41, 5.74) is 2.47. The SMILES string of the molecule is CC1C[C@@H](C)CN(c2ccc(NCCCCCNS(=O)(=O)C(C)C)cc2)C1. The summed E-state index contributed by atoms with van der Waals surface area (Å²) in [5.74, 6) is 1.52. The number of benzene rings is 1. The molecule has 0 bridgehead atoms. The Hall–Kier alpha value is -1.27. The molecule has 0 saturated carbocycles. The van der Waals surface area contributed by atoms with Crippen LogP contribution in [0.25, 0.3) is 0 Å². The molecule has 1 saturated heterocycles. The van der Waals surface area contributed by atoms with E-state index in [4.69, 9.17) is 0 Å². The highest BCUT2D eigenvalue weighted by Crippen LogP contribution is 2.27. The summed E-state index contributed by atoms with van der Waals surface area (Å²) < 4.78 is 26.0. The van der Waals surface area contributed by atoms with Gasteiger partial charge >= 0.3 is 0 Å². The van der Waals surface area contributed by atoms with E-state index in [2.05, 4.69) is 53.1 Å². The van der Waals surface area contributed by atoms with Crippen molar-refractivity contribution < 1.29 is 8.42 Å². The van der Waals surface area contributed by atoms with Gasteiger partial charge in [-0.25, -0.2) is 13.1 Å². The van der Waals surface area contributed by atoms with Crippen molar-refractivity contribution in [2.45, 2.75) is 58.6 Å². The molecular weight excluding hydrogens is 358 g/mol. The zero-order valence-corrected chi connectivity index (χ0v) is 18.2. The highest BCUT2D eigenvalue weighted by atomic mass is 32.2. The number of hydrogen-bond donors (Lipinski definition) is 2. The zero-order valence-electron chi connectivity index (χ0n) is 17.4. The summed E-state index contributed by atoms with van der Waals surface area (Å²) in [6.45, 7) is 11.8. The second-order valence-corrected chi connectivity index (χ2v) is 10.7. The van der Waals surface area contributed by atoms with Gasteiger partial charge in [0, 0.05) is 37.6 Å². The van der Waals surface area contributed by atoms with Crippen LogP contribution in [0.3, 0.4) is 0 Å². The van der Waals surface area contributed by atoms with Gasteiger partial charge in [-0.2, -0.15) is 0 Å². The Morgan fingerprint density at radius 3 is 2.19 bits per heavy atom. The molecule has 2 atom stereocenters. The van der Waals surface area contributed by atoms with Gasteiger partial charge in [-0.3, -0.25) is 0 Å². The molecule has 154 valence electrons. The molecule has 1 fully saturated rings. The third-order valence-corrected chi connectivity index (χ3v) is 7.06. The van der Waals surface area contributed by atoms with E-state index in [-0.39, 0.29) is 5.25 Å². The van der Waals surface area contributed by atoms with Gasteiger partial charge in [0.25, 0.3) is 0 Å². The average Bonchev–Trinajstić information content (AvgIpc) is 2.60. The minimum Gasteiger partial charge on any atom is -0.385 e. The minimum absolute atomic E-state index is 0.363. The van der Waals surface area contributed by atoms with Gasteiger partial charge in [-0.15, -0.1) is 0 Å². The Morgan fingerprint density at radius 2 is 1.59 bits per heavy atom. The van der Waals surface area contributed by atoms with Crippen LogP contribution in [-0.4, -0.2) is 39.8 Å². The molecule has 1 aliphatic rings. The fourth-order valence-corrected chi connectivity index (χ4v) is 4.47. The van der Waals surface area contributed by atoms with Crippen molar-refractivity contribution in [3.05, 3.63) is 24.3 Å². The maximum absolute atomic E-state index is 11.7. The number of hydrogen-bond acceptors (Lipinski definition) is 4. The second-order valence-electron chi connectivity index (χ2n) is 8.37. The molecule has 6 heteroatoms. The minimum atomic E-state index is -3.12. The molecule has 5 nitrogen and oxygen atoms in total. The highest BCUT2D eigenvalue weighted by molar-refractivity contribution is 7.90. The molecule has 0 aromatic heterocycles. The van der Waals surface area contributed by atoms with Gasteiger partial charge in [-0.05, 0) is 69.2 Å². The highest BCUT2D eigenvalue weighted by Gasteiger charge is 2.21. The van der Waals surface area contributed by atoms with Crippen LogP contribution in [-0.2, 0) is 10.0 Å². The monoisotopic (exact) mass is 395 g/mol. The molecule has 1 unspecified atom stereocenters. The van der Waals surface area contributed by atoms with E-state index in [1.807, 2.05) is 0 Å². The van der Waals surface area contributed by atoms with E-state index in [0.29, 0.717) is 6.54 Å². The molecule has 2 N–H and O–H groups in total. The summed E-state index contributed by atoms with van der Waals surface area (Å²) >= 11 is 0. The van der Waals surface area contributed by atoms with Crippen molar-refractivity contribution in [3.63, 3.8) is 0 Å². The lowest BCUT2D eigenvalue weighted by molar-refractivity contribution is 0.357. The molecule has 0 radical (unpaired) electrons. The average molecular weight is 396 g/mol. The maximum Gasteiger partial charge on any atom is 0.213 e. The summed E-state index contributed by atoms with van der Waals surface area (Å²) in [5, 5.41) is 3.10. The summed E-state index contributed by atoms with van der Waals surface area (Å²) in [6, 6.07) is 8.76. The first-order valence-electron chi connectivity index (χ1n) is 10.4. The van der Waals surface area contributed by atoms with Crippen molar-refractivity contribution in [1.82, 2.24) is 4.72 Å². The quantitative estimate of drug-likeness (QED) is 0.586. The van der Waals surface area contributed by atoms with Crippen molar-refractivity contribution >= 4 is 21.4 Å². The van der Waals surface area contributed by atoms with Gasteiger partial charge in [0.2, 0.25) is 10.0 Å². The number of anilines is 2. The molecule has 1 heterocycles. The van der Waals surface area contributed by atoms with Crippen LogP contribution in [0.1, 0.15) is 53.4 Å². The van der Waals surface area contributed by atoms with E-state index < -0.39 is 10.0 Å².